The van der Waals surface area contributed by atoms with Crippen LogP contribution in [0.1, 0.15) is 30.5 Å². The summed E-state index contributed by atoms with van der Waals surface area (Å²) in [6.07, 6.45) is -0.108. The molecule has 1 heterocycles. The first-order chi connectivity index (χ1) is 10.4. The van der Waals surface area contributed by atoms with Crippen molar-refractivity contribution in [3.63, 3.8) is 0 Å². The van der Waals surface area contributed by atoms with Gasteiger partial charge in [-0.15, -0.1) is 11.8 Å². The summed E-state index contributed by atoms with van der Waals surface area (Å²) in [6.45, 7) is 7.57. The van der Waals surface area contributed by atoms with E-state index in [1.165, 1.54) is 17.8 Å². The Bertz CT molecular complexity index is 746. The zero-order chi connectivity index (χ0) is 16.3. The van der Waals surface area contributed by atoms with Crippen LogP contribution >= 0.6 is 11.8 Å². The summed E-state index contributed by atoms with van der Waals surface area (Å²) in [7, 11) is 0. The highest BCUT2D eigenvalue weighted by Crippen LogP contribution is 2.25. The Kier molecular flexibility index (Phi) is 5.29. The first-order valence-corrected chi connectivity index (χ1v) is 8.34. The van der Waals surface area contributed by atoms with Crippen molar-refractivity contribution >= 4 is 28.7 Å². The van der Waals surface area contributed by atoms with E-state index in [2.05, 4.69) is 0 Å². The molecule has 22 heavy (non-hydrogen) atoms. The molecular formula is C17H20O4S. The zero-order valence-corrected chi connectivity index (χ0v) is 14.1. The van der Waals surface area contributed by atoms with Crippen molar-refractivity contribution in [2.45, 2.75) is 39.6 Å². The number of fused-ring (bicyclic) bond motifs is 1. The van der Waals surface area contributed by atoms with Crippen molar-refractivity contribution in [3.05, 3.63) is 45.3 Å². The summed E-state index contributed by atoms with van der Waals surface area (Å²) in [5.74, 6) is 0.599. The normalized spacial score (nSPS) is 11.1. The van der Waals surface area contributed by atoms with Crippen molar-refractivity contribution in [1.82, 2.24) is 0 Å². The Morgan fingerprint density at radius 1 is 1.32 bits per heavy atom. The molecule has 0 radical (unpaired) electrons. The largest absolute Gasteiger partial charge is 0.462 e. The van der Waals surface area contributed by atoms with Crippen LogP contribution in [0.25, 0.3) is 11.0 Å². The number of rotatable bonds is 5. The highest BCUT2D eigenvalue weighted by atomic mass is 32.2. The van der Waals surface area contributed by atoms with Gasteiger partial charge in [0.1, 0.15) is 5.58 Å². The second kappa shape index (κ2) is 7.01. The van der Waals surface area contributed by atoms with Gasteiger partial charge in [0.25, 0.3) is 0 Å². The molecule has 0 saturated heterocycles. The quantitative estimate of drug-likeness (QED) is 0.622. The molecular weight excluding hydrogens is 300 g/mol. The van der Waals surface area contributed by atoms with Gasteiger partial charge in [0.2, 0.25) is 0 Å². The van der Waals surface area contributed by atoms with E-state index in [0.29, 0.717) is 11.3 Å². The van der Waals surface area contributed by atoms with Crippen LogP contribution in [-0.4, -0.2) is 17.8 Å². The van der Waals surface area contributed by atoms with Crippen LogP contribution in [-0.2, 0) is 15.3 Å². The van der Waals surface area contributed by atoms with E-state index in [9.17, 15) is 9.59 Å². The van der Waals surface area contributed by atoms with E-state index >= 15 is 0 Å². The number of thioether (sulfide) groups is 1. The summed E-state index contributed by atoms with van der Waals surface area (Å²) in [4.78, 5) is 23.3. The van der Waals surface area contributed by atoms with Crippen LogP contribution in [0.4, 0.5) is 0 Å². The maximum Gasteiger partial charge on any atom is 0.336 e. The number of carbonyl (C=O) groups excluding carboxylic acids is 1. The van der Waals surface area contributed by atoms with Crippen LogP contribution in [0.5, 0.6) is 0 Å². The number of carbonyl (C=O) groups is 1. The van der Waals surface area contributed by atoms with Crippen molar-refractivity contribution in [2.24, 2.45) is 0 Å². The smallest absolute Gasteiger partial charge is 0.336 e. The molecule has 0 aliphatic rings. The van der Waals surface area contributed by atoms with Gasteiger partial charge < -0.3 is 9.15 Å². The molecule has 0 spiro atoms. The lowest BCUT2D eigenvalue weighted by Crippen LogP contribution is -2.13. The van der Waals surface area contributed by atoms with E-state index in [1.54, 1.807) is 0 Å². The number of hydrogen-bond acceptors (Lipinski definition) is 5. The van der Waals surface area contributed by atoms with Gasteiger partial charge >= 0.3 is 11.6 Å². The summed E-state index contributed by atoms with van der Waals surface area (Å²) in [6, 6.07) is 5.47. The monoisotopic (exact) mass is 320 g/mol. The van der Waals surface area contributed by atoms with Crippen molar-refractivity contribution < 1.29 is 13.9 Å². The van der Waals surface area contributed by atoms with Crippen molar-refractivity contribution in [1.29, 1.82) is 0 Å². The van der Waals surface area contributed by atoms with E-state index in [1.807, 2.05) is 39.8 Å². The number of hydrogen-bond donors (Lipinski definition) is 0. The molecule has 118 valence electrons. The van der Waals surface area contributed by atoms with E-state index in [4.69, 9.17) is 9.15 Å². The van der Waals surface area contributed by atoms with Gasteiger partial charge in [0.15, 0.2) is 0 Å². The van der Waals surface area contributed by atoms with Crippen LogP contribution in [0, 0.1) is 13.8 Å². The Labute approximate surface area is 133 Å². The fourth-order valence-electron chi connectivity index (χ4n) is 2.19. The lowest BCUT2D eigenvalue weighted by Gasteiger charge is -2.10. The Morgan fingerprint density at radius 2 is 2.05 bits per heavy atom. The maximum atomic E-state index is 11.7. The van der Waals surface area contributed by atoms with Gasteiger partial charge in [-0.3, -0.25) is 4.79 Å². The fourth-order valence-corrected chi connectivity index (χ4v) is 2.98. The second-order valence-electron chi connectivity index (χ2n) is 5.51. The molecule has 0 saturated carbocycles. The first-order valence-electron chi connectivity index (χ1n) is 7.18. The van der Waals surface area contributed by atoms with Crippen molar-refractivity contribution in [2.75, 3.05) is 5.75 Å². The van der Waals surface area contributed by atoms with Crippen LogP contribution in [0.15, 0.2) is 27.4 Å². The van der Waals surface area contributed by atoms with Gasteiger partial charge in [-0.1, -0.05) is 12.1 Å². The highest BCUT2D eigenvalue weighted by Gasteiger charge is 2.11. The highest BCUT2D eigenvalue weighted by molar-refractivity contribution is 7.99. The van der Waals surface area contributed by atoms with Crippen LogP contribution in [0.2, 0.25) is 0 Å². The molecule has 5 heteroatoms. The molecule has 2 rings (SSSR count). The van der Waals surface area contributed by atoms with Crippen molar-refractivity contribution in [3.8, 4) is 0 Å². The third-order valence-electron chi connectivity index (χ3n) is 3.36. The second-order valence-corrected chi connectivity index (χ2v) is 6.49. The summed E-state index contributed by atoms with van der Waals surface area (Å²) in [5.41, 5.74) is 3.22. The number of aryl methyl sites for hydroxylation is 2. The third kappa shape index (κ3) is 3.91. The Hall–Kier alpha value is -1.75. The molecule has 0 aliphatic heterocycles. The predicted octanol–water partition coefficient (Wildman–Crippen LogP) is 3.59. The number of benzene rings is 1. The molecule has 0 N–H and O–H groups in total. The van der Waals surface area contributed by atoms with E-state index in [-0.39, 0.29) is 23.5 Å². The fraction of sp³-hybridized carbons (Fsp3) is 0.412. The van der Waals surface area contributed by atoms with E-state index < -0.39 is 0 Å². The summed E-state index contributed by atoms with van der Waals surface area (Å²) < 4.78 is 10.4. The van der Waals surface area contributed by atoms with Gasteiger partial charge in [0, 0.05) is 17.2 Å². The first kappa shape index (κ1) is 16.6. The van der Waals surface area contributed by atoms with Crippen LogP contribution in [0.3, 0.4) is 0 Å². The Morgan fingerprint density at radius 3 is 2.73 bits per heavy atom. The lowest BCUT2D eigenvalue weighted by molar-refractivity contribution is -0.144. The average Bonchev–Trinajstić information content (AvgIpc) is 2.42. The van der Waals surface area contributed by atoms with Crippen LogP contribution < -0.4 is 5.63 Å². The molecule has 1 aromatic heterocycles. The molecule has 0 amide bonds. The molecule has 0 unspecified atom stereocenters. The lowest BCUT2D eigenvalue weighted by atomic mass is 10.0. The number of esters is 1. The molecule has 0 aliphatic carbocycles. The average molecular weight is 320 g/mol. The van der Waals surface area contributed by atoms with Gasteiger partial charge in [-0.05, 0) is 44.4 Å². The minimum absolute atomic E-state index is 0.108. The molecule has 1 aromatic carbocycles. The zero-order valence-electron chi connectivity index (χ0n) is 13.3. The minimum Gasteiger partial charge on any atom is -0.462 e. The molecule has 4 nitrogen and oxygen atoms in total. The number of ether oxygens (including phenoxy) is 1. The summed E-state index contributed by atoms with van der Waals surface area (Å²) >= 11 is 1.43. The standard InChI is InChI=1S/C17H20O4S/c1-10(2)20-16(19)9-22-8-13-7-15(18)21-17-12(4)11(3)5-6-14(13)17/h5-7,10H,8-9H2,1-4H3. The summed E-state index contributed by atoms with van der Waals surface area (Å²) in [5, 5.41) is 0.924. The van der Waals surface area contributed by atoms with Gasteiger partial charge in [-0.25, -0.2) is 4.79 Å². The topological polar surface area (TPSA) is 56.5 Å². The Balaban J connectivity index is 2.20. The predicted molar refractivity (Wildman–Crippen MR) is 89.3 cm³/mol. The molecule has 0 bridgehead atoms. The molecule has 2 aromatic rings. The molecule has 0 fully saturated rings. The van der Waals surface area contributed by atoms with Gasteiger partial charge in [0.05, 0.1) is 11.9 Å². The third-order valence-corrected chi connectivity index (χ3v) is 4.32. The SMILES string of the molecule is Cc1ccc2c(CSCC(=O)OC(C)C)cc(=O)oc2c1C. The minimum atomic E-state index is -0.360. The molecule has 0 atom stereocenters. The van der Waals surface area contributed by atoms with E-state index in [0.717, 1.165) is 22.1 Å². The maximum absolute atomic E-state index is 11.7. The van der Waals surface area contributed by atoms with Gasteiger partial charge in [-0.2, -0.15) is 0 Å².